The Hall–Kier alpha value is -0.440. The van der Waals surface area contributed by atoms with Gasteiger partial charge in [-0.3, -0.25) is 5.01 Å². The van der Waals surface area contributed by atoms with Crippen LogP contribution in [-0.4, -0.2) is 31.1 Å². The van der Waals surface area contributed by atoms with E-state index < -0.39 is 0 Å². The fourth-order valence-electron chi connectivity index (χ4n) is 1.16. The van der Waals surface area contributed by atoms with Crippen LogP contribution in [0.2, 0.25) is 0 Å². The van der Waals surface area contributed by atoms with E-state index in [1.807, 2.05) is 30.0 Å². The van der Waals surface area contributed by atoms with Gasteiger partial charge in [-0.15, -0.1) is 11.8 Å². The molecule has 1 aliphatic rings. The highest BCUT2D eigenvalue weighted by molar-refractivity contribution is 8.02. The second-order valence-electron chi connectivity index (χ2n) is 2.57. The number of rotatable bonds is 2. The Bertz CT molecular complexity index is 190. The fourth-order valence-corrected chi connectivity index (χ4v) is 1.83. The van der Waals surface area contributed by atoms with Crippen LogP contribution in [0.1, 0.15) is 13.3 Å². The van der Waals surface area contributed by atoms with Crippen LogP contribution in [0.15, 0.2) is 15.6 Å². The normalized spacial score (nSPS) is 21.2. The number of hydrazone groups is 1. The second kappa shape index (κ2) is 3.81. The summed E-state index contributed by atoms with van der Waals surface area (Å²) in [6, 6.07) is 0. The molecule has 1 rings (SSSR count). The van der Waals surface area contributed by atoms with E-state index in [-0.39, 0.29) is 0 Å². The first-order chi connectivity index (χ1) is 5.27. The molecular weight excluding hydrogens is 156 g/mol. The maximum absolute atomic E-state index is 4.17. The van der Waals surface area contributed by atoms with E-state index in [0.29, 0.717) is 0 Å². The third kappa shape index (κ3) is 1.99. The largest absolute Gasteiger partial charge is 0.296 e. The van der Waals surface area contributed by atoms with Gasteiger partial charge < -0.3 is 0 Å². The van der Waals surface area contributed by atoms with Crippen molar-refractivity contribution in [1.29, 1.82) is 0 Å². The molecule has 0 aromatic rings. The van der Waals surface area contributed by atoms with Crippen LogP contribution in [0.3, 0.4) is 0 Å². The molecule has 0 saturated heterocycles. The van der Waals surface area contributed by atoms with Crippen LogP contribution in [0.4, 0.5) is 0 Å². The van der Waals surface area contributed by atoms with E-state index in [0.717, 1.165) is 13.0 Å². The van der Waals surface area contributed by atoms with Crippen molar-refractivity contribution in [3.63, 3.8) is 0 Å². The SMILES string of the molecule is CC/C(SC)=C1/C=NN(C)C1. The Kier molecular flexibility index (Phi) is 3.00. The summed E-state index contributed by atoms with van der Waals surface area (Å²) in [6.07, 6.45) is 5.21. The summed E-state index contributed by atoms with van der Waals surface area (Å²) in [5.74, 6) is 0. The molecule has 0 aliphatic carbocycles. The number of likely N-dealkylation sites (N-methyl/N-ethyl adjacent to an activating group) is 1. The fraction of sp³-hybridized carbons (Fsp3) is 0.625. The number of thioether (sulfide) groups is 1. The maximum Gasteiger partial charge on any atom is 0.0631 e. The summed E-state index contributed by atoms with van der Waals surface area (Å²) < 4.78 is 0. The minimum absolute atomic E-state index is 0.976. The third-order valence-corrected chi connectivity index (χ3v) is 2.78. The van der Waals surface area contributed by atoms with Crippen molar-refractivity contribution in [2.45, 2.75) is 13.3 Å². The Balaban J connectivity index is 2.72. The highest BCUT2D eigenvalue weighted by Crippen LogP contribution is 2.21. The molecule has 0 unspecified atom stereocenters. The highest BCUT2D eigenvalue weighted by Gasteiger charge is 2.09. The molecule has 1 heterocycles. The van der Waals surface area contributed by atoms with Crippen molar-refractivity contribution in [3.8, 4) is 0 Å². The first-order valence-electron chi connectivity index (χ1n) is 3.79. The highest BCUT2D eigenvalue weighted by atomic mass is 32.2. The van der Waals surface area contributed by atoms with Gasteiger partial charge in [-0.05, 0) is 17.6 Å². The average molecular weight is 170 g/mol. The molecule has 0 amide bonds. The van der Waals surface area contributed by atoms with Crippen molar-refractivity contribution >= 4 is 18.0 Å². The van der Waals surface area contributed by atoms with Gasteiger partial charge in [0, 0.05) is 12.6 Å². The van der Waals surface area contributed by atoms with Crippen molar-refractivity contribution in [2.75, 3.05) is 19.8 Å². The zero-order chi connectivity index (χ0) is 8.27. The van der Waals surface area contributed by atoms with E-state index in [9.17, 15) is 0 Å². The Morgan fingerprint density at radius 3 is 2.91 bits per heavy atom. The molecule has 1 aliphatic heterocycles. The molecule has 0 saturated carbocycles. The van der Waals surface area contributed by atoms with Crippen LogP contribution in [0, 0.1) is 0 Å². The quantitative estimate of drug-likeness (QED) is 0.629. The van der Waals surface area contributed by atoms with E-state index in [1.165, 1.54) is 10.5 Å². The van der Waals surface area contributed by atoms with Gasteiger partial charge in [0.25, 0.3) is 0 Å². The lowest BCUT2D eigenvalue weighted by molar-refractivity contribution is 0.410. The van der Waals surface area contributed by atoms with E-state index >= 15 is 0 Å². The van der Waals surface area contributed by atoms with Gasteiger partial charge in [0.15, 0.2) is 0 Å². The molecule has 2 nitrogen and oxygen atoms in total. The average Bonchev–Trinajstić information content (AvgIpc) is 2.39. The zero-order valence-corrected chi connectivity index (χ0v) is 8.11. The standard InChI is InChI=1S/C8H14N2S/c1-4-8(11-3)7-5-9-10(2)6-7/h5H,4,6H2,1-3H3/b8-7+. The third-order valence-electron chi connectivity index (χ3n) is 1.74. The van der Waals surface area contributed by atoms with Crippen LogP contribution < -0.4 is 0 Å². The minimum Gasteiger partial charge on any atom is -0.296 e. The summed E-state index contributed by atoms with van der Waals surface area (Å²) in [5, 5.41) is 6.13. The van der Waals surface area contributed by atoms with Crippen molar-refractivity contribution in [1.82, 2.24) is 5.01 Å². The lowest BCUT2D eigenvalue weighted by atomic mass is 10.2. The van der Waals surface area contributed by atoms with E-state index in [4.69, 9.17) is 0 Å². The Labute approximate surface area is 72.3 Å². The van der Waals surface area contributed by atoms with Gasteiger partial charge >= 0.3 is 0 Å². The second-order valence-corrected chi connectivity index (χ2v) is 3.47. The van der Waals surface area contributed by atoms with Crippen molar-refractivity contribution in [2.24, 2.45) is 5.10 Å². The van der Waals surface area contributed by atoms with Crippen LogP contribution in [0.25, 0.3) is 0 Å². The lowest BCUT2D eigenvalue weighted by Gasteiger charge is -2.06. The molecule has 0 atom stereocenters. The van der Waals surface area contributed by atoms with Gasteiger partial charge in [-0.2, -0.15) is 5.10 Å². The Morgan fingerprint density at radius 2 is 2.55 bits per heavy atom. The van der Waals surface area contributed by atoms with Crippen LogP contribution in [-0.2, 0) is 0 Å². The lowest BCUT2D eigenvalue weighted by Crippen LogP contribution is -2.07. The summed E-state index contributed by atoms with van der Waals surface area (Å²) in [7, 11) is 2.00. The molecule has 62 valence electrons. The summed E-state index contributed by atoms with van der Waals surface area (Å²) in [6.45, 7) is 3.16. The van der Waals surface area contributed by atoms with Crippen molar-refractivity contribution < 1.29 is 0 Å². The smallest absolute Gasteiger partial charge is 0.0631 e. The molecule has 0 radical (unpaired) electrons. The first-order valence-corrected chi connectivity index (χ1v) is 5.01. The molecular formula is C8H14N2S. The monoisotopic (exact) mass is 170 g/mol. The van der Waals surface area contributed by atoms with E-state index in [1.54, 1.807) is 0 Å². The molecule has 0 spiro atoms. The van der Waals surface area contributed by atoms with Gasteiger partial charge in [-0.25, -0.2) is 0 Å². The van der Waals surface area contributed by atoms with Crippen LogP contribution in [0.5, 0.6) is 0 Å². The number of hydrogen-bond acceptors (Lipinski definition) is 3. The molecule has 0 aromatic carbocycles. The summed E-state index contributed by atoms with van der Waals surface area (Å²) in [5.41, 5.74) is 1.38. The number of nitrogens with zero attached hydrogens (tertiary/aromatic N) is 2. The van der Waals surface area contributed by atoms with Crippen LogP contribution >= 0.6 is 11.8 Å². The zero-order valence-electron chi connectivity index (χ0n) is 7.29. The predicted octanol–water partition coefficient (Wildman–Crippen LogP) is 1.94. The molecule has 0 bridgehead atoms. The van der Waals surface area contributed by atoms with Gasteiger partial charge in [-0.1, -0.05) is 6.92 Å². The molecule has 0 aromatic heterocycles. The van der Waals surface area contributed by atoms with E-state index in [2.05, 4.69) is 18.3 Å². The molecule has 0 fully saturated rings. The number of hydrogen-bond donors (Lipinski definition) is 0. The first kappa shape index (κ1) is 8.65. The molecule has 0 N–H and O–H groups in total. The summed E-state index contributed by atoms with van der Waals surface area (Å²) >= 11 is 1.83. The van der Waals surface area contributed by atoms with Crippen molar-refractivity contribution in [3.05, 3.63) is 10.5 Å². The van der Waals surface area contributed by atoms with Gasteiger partial charge in [0.2, 0.25) is 0 Å². The van der Waals surface area contributed by atoms with Gasteiger partial charge in [0.1, 0.15) is 0 Å². The van der Waals surface area contributed by atoms with Gasteiger partial charge in [0.05, 0.1) is 12.8 Å². The minimum atomic E-state index is 0.976. The summed E-state index contributed by atoms with van der Waals surface area (Å²) in [4.78, 5) is 1.46. The maximum atomic E-state index is 4.17. The number of allylic oxidation sites excluding steroid dienone is 1. The molecule has 3 heteroatoms. The predicted molar refractivity (Wildman–Crippen MR) is 52.0 cm³/mol. The Morgan fingerprint density at radius 1 is 1.82 bits per heavy atom. The topological polar surface area (TPSA) is 15.6 Å². The molecule has 11 heavy (non-hydrogen) atoms.